The minimum atomic E-state index is -1.06. The maximum Gasteiger partial charge on any atom is 0.330 e. The Morgan fingerprint density at radius 2 is 1.90 bits per heavy atom. The van der Waals surface area contributed by atoms with Crippen LogP contribution in [0, 0.1) is 17.1 Å². The molecule has 0 aliphatic heterocycles. The summed E-state index contributed by atoms with van der Waals surface area (Å²) in [6, 6.07) is 19.5. The highest BCUT2D eigenvalue weighted by Crippen LogP contribution is 2.30. The second-order valence-electron chi connectivity index (χ2n) is 7.02. The maximum absolute atomic E-state index is 13.9. The fourth-order valence-electron chi connectivity index (χ4n) is 3.23. The molecule has 1 atom stereocenters. The summed E-state index contributed by atoms with van der Waals surface area (Å²) in [5.41, 5.74) is 3.07. The lowest BCUT2D eigenvalue weighted by Gasteiger charge is -2.21. The van der Waals surface area contributed by atoms with Crippen LogP contribution in [0.3, 0.4) is 0 Å². The monoisotopic (exact) mass is 418 g/mol. The molecule has 0 saturated heterocycles. The van der Waals surface area contributed by atoms with E-state index in [9.17, 15) is 14.3 Å². The molecule has 0 aliphatic carbocycles. The molecule has 6 heteroatoms. The second-order valence-corrected chi connectivity index (χ2v) is 7.02. The number of nitriles is 1. The van der Waals surface area contributed by atoms with Crippen LogP contribution in [0.1, 0.15) is 35.2 Å². The van der Waals surface area contributed by atoms with Crippen molar-refractivity contribution in [2.45, 2.75) is 25.8 Å². The number of carboxylic acid groups (broad SMARTS) is 1. The molecule has 3 aromatic carbocycles. The molecule has 0 aromatic heterocycles. The molecule has 3 rings (SSSR count). The first-order valence-corrected chi connectivity index (χ1v) is 10.0. The van der Waals surface area contributed by atoms with E-state index in [-0.39, 0.29) is 12.4 Å². The highest BCUT2D eigenvalue weighted by atomic mass is 19.1. The van der Waals surface area contributed by atoms with Gasteiger partial charge < -0.3 is 15.2 Å². The third-order valence-electron chi connectivity index (χ3n) is 4.95. The van der Waals surface area contributed by atoms with Crippen molar-refractivity contribution in [2.75, 3.05) is 11.9 Å². The van der Waals surface area contributed by atoms with Gasteiger partial charge in [0.2, 0.25) is 0 Å². The molecule has 158 valence electrons. The van der Waals surface area contributed by atoms with Crippen LogP contribution < -0.4 is 10.1 Å². The van der Waals surface area contributed by atoms with E-state index in [1.54, 1.807) is 48.5 Å². The number of hydrogen-bond donors (Lipinski definition) is 2. The third-order valence-corrected chi connectivity index (χ3v) is 4.95. The largest absolute Gasteiger partial charge is 0.493 e. The Morgan fingerprint density at radius 1 is 1.16 bits per heavy atom. The molecule has 31 heavy (non-hydrogen) atoms. The first-order chi connectivity index (χ1) is 15.0. The quantitative estimate of drug-likeness (QED) is 0.504. The standard InChI is InChI=1S/C25H23FN2O3/c1-2-17-9-12-23(31-14-13-19-5-3-4-6-22(19)26)21(15-17)24(25(29)30)28-20-10-7-18(16-27)8-11-20/h3-12,15,24,28H,2,13-14H2,1H3,(H,29,30). The highest BCUT2D eigenvalue weighted by molar-refractivity contribution is 5.80. The zero-order valence-corrected chi connectivity index (χ0v) is 17.1. The summed E-state index contributed by atoms with van der Waals surface area (Å²) in [5, 5.41) is 21.9. The summed E-state index contributed by atoms with van der Waals surface area (Å²) in [5.74, 6) is -0.919. The zero-order chi connectivity index (χ0) is 22.2. The molecule has 2 N–H and O–H groups in total. The number of aryl methyl sites for hydroxylation is 1. The van der Waals surface area contributed by atoms with E-state index in [4.69, 9.17) is 10.00 Å². The number of halogens is 1. The molecule has 0 bridgehead atoms. The normalized spacial score (nSPS) is 11.4. The smallest absolute Gasteiger partial charge is 0.330 e. The molecule has 1 unspecified atom stereocenters. The van der Waals surface area contributed by atoms with Gasteiger partial charge in [-0.25, -0.2) is 9.18 Å². The van der Waals surface area contributed by atoms with E-state index >= 15 is 0 Å². The van der Waals surface area contributed by atoms with Crippen LogP contribution >= 0.6 is 0 Å². The molecule has 0 aliphatic rings. The summed E-state index contributed by atoms with van der Waals surface area (Å²) >= 11 is 0. The van der Waals surface area contributed by atoms with E-state index in [1.165, 1.54) is 6.07 Å². The number of aliphatic carboxylic acids is 1. The van der Waals surface area contributed by atoms with Crippen molar-refractivity contribution < 1.29 is 19.0 Å². The molecule has 0 heterocycles. The first-order valence-electron chi connectivity index (χ1n) is 10.0. The van der Waals surface area contributed by atoms with Crippen molar-refractivity contribution in [3.8, 4) is 11.8 Å². The summed E-state index contributed by atoms with van der Waals surface area (Å²) in [4.78, 5) is 12.1. The molecule has 5 nitrogen and oxygen atoms in total. The lowest BCUT2D eigenvalue weighted by Crippen LogP contribution is -2.22. The predicted molar refractivity (Wildman–Crippen MR) is 117 cm³/mol. The molecular weight excluding hydrogens is 395 g/mol. The number of benzene rings is 3. The number of carboxylic acids is 1. The first kappa shape index (κ1) is 21.8. The molecule has 3 aromatic rings. The molecule has 0 fully saturated rings. The van der Waals surface area contributed by atoms with E-state index in [2.05, 4.69) is 5.32 Å². The molecule has 0 saturated carbocycles. The van der Waals surface area contributed by atoms with Gasteiger partial charge in [0.05, 0.1) is 18.2 Å². The summed E-state index contributed by atoms with van der Waals surface area (Å²) in [7, 11) is 0. The lowest BCUT2D eigenvalue weighted by molar-refractivity contribution is -0.138. The van der Waals surface area contributed by atoms with Crippen LogP contribution in [0.15, 0.2) is 66.7 Å². The fourth-order valence-corrected chi connectivity index (χ4v) is 3.23. The predicted octanol–water partition coefficient (Wildman–Crippen LogP) is 5.12. The number of carbonyl (C=O) groups is 1. The van der Waals surface area contributed by atoms with Crippen LogP contribution in [0.4, 0.5) is 10.1 Å². The van der Waals surface area contributed by atoms with Crippen molar-refractivity contribution in [1.82, 2.24) is 0 Å². The number of ether oxygens (including phenoxy) is 1. The molecule has 0 radical (unpaired) electrons. The average Bonchev–Trinajstić information content (AvgIpc) is 2.79. The van der Waals surface area contributed by atoms with E-state index in [0.29, 0.717) is 34.5 Å². The summed E-state index contributed by atoms with van der Waals surface area (Å²) in [6.45, 7) is 2.20. The van der Waals surface area contributed by atoms with E-state index in [1.807, 2.05) is 25.1 Å². The van der Waals surface area contributed by atoms with Gasteiger partial charge in [0, 0.05) is 17.7 Å². The average molecular weight is 418 g/mol. The third kappa shape index (κ3) is 5.61. The number of anilines is 1. The van der Waals surface area contributed by atoms with Gasteiger partial charge in [0.1, 0.15) is 11.6 Å². The van der Waals surface area contributed by atoms with Gasteiger partial charge >= 0.3 is 5.97 Å². The summed E-state index contributed by atoms with van der Waals surface area (Å²) < 4.78 is 19.7. The van der Waals surface area contributed by atoms with Gasteiger partial charge in [0.25, 0.3) is 0 Å². The van der Waals surface area contributed by atoms with Gasteiger partial charge in [-0.15, -0.1) is 0 Å². The van der Waals surface area contributed by atoms with Crippen LogP contribution in [-0.2, 0) is 17.6 Å². The minimum Gasteiger partial charge on any atom is -0.493 e. The number of nitrogens with zero attached hydrogens (tertiary/aromatic N) is 1. The molecule has 0 amide bonds. The Balaban J connectivity index is 1.84. The van der Waals surface area contributed by atoms with Gasteiger partial charge in [-0.2, -0.15) is 5.26 Å². The van der Waals surface area contributed by atoms with Crippen molar-refractivity contribution in [1.29, 1.82) is 5.26 Å². The summed E-state index contributed by atoms with van der Waals surface area (Å²) in [6.07, 6.45) is 1.11. The van der Waals surface area contributed by atoms with Crippen molar-refractivity contribution in [3.63, 3.8) is 0 Å². The van der Waals surface area contributed by atoms with Crippen molar-refractivity contribution in [3.05, 3.63) is 94.8 Å². The Labute approximate surface area is 180 Å². The van der Waals surface area contributed by atoms with E-state index < -0.39 is 12.0 Å². The number of nitrogens with one attached hydrogen (secondary N) is 1. The molecular formula is C25H23FN2O3. The van der Waals surface area contributed by atoms with Crippen molar-refractivity contribution in [2.24, 2.45) is 0 Å². The van der Waals surface area contributed by atoms with Gasteiger partial charge in [0.15, 0.2) is 6.04 Å². The van der Waals surface area contributed by atoms with Crippen LogP contribution in [-0.4, -0.2) is 17.7 Å². The van der Waals surface area contributed by atoms with Crippen molar-refractivity contribution >= 4 is 11.7 Å². The van der Waals surface area contributed by atoms with E-state index in [0.717, 1.165) is 12.0 Å². The number of hydrogen-bond acceptors (Lipinski definition) is 4. The Hall–Kier alpha value is -3.85. The zero-order valence-electron chi connectivity index (χ0n) is 17.1. The maximum atomic E-state index is 13.9. The van der Waals surface area contributed by atoms with Crippen LogP contribution in [0.2, 0.25) is 0 Å². The number of rotatable bonds is 9. The topological polar surface area (TPSA) is 82.3 Å². The van der Waals surface area contributed by atoms with Crippen LogP contribution in [0.5, 0.6) is 5.75 Å². The lowest BCUT2D eigenvalue weighted by atomic mass is 10.0. The Bertz CT molecular complexity index is 1090. The Morgan fingerprint density at radius 3 is 2.55 bits per heavy atom. The highest BCUT2D eigenvalue weighted by Gasteiger charge is 2.24. The van der Waals surface area contributed by atoms with Gasteiger partial charge in [-0.3, -0.25) is 0 Å². The minimum absolute atomic E-state index is 0.211. The van der Waals surface area contributed by atoms with Gasteiger partial charge in [-0.1, -0.05) is 31.2 Å². The Kier molecular flexibility index (Phi) is 7.23. The second kappa shape index (κ2) is 10.3. The SMILES string of the molecule is CCc1ccc(OCCc2ccccc2F)c(C(Nc2ccc(C#N)cc2)C(=O)O)c1. The molecule has 0 spiro atoms. The van der Waals surface area contributed by atoms with Gasteiger partial charge in [-0.05, 0) is 60.0 Å². The fraction of sp³-hybridized carbons (Fsp3) is 0.200. The van der Waals surface area contributed by atoms with Crippen LogP contribution in [0.25, 0.3) is 0 Å².